The van der Waals surface area contributed by atoms with Crippen LogP contribution in [0.15, 0.2) is 0 Å². The van der Waals surface area contributed by atoms with Gasteiger partial charge >= 0.3 is 0 Å². The molecular formula is C20H34. The Bertz CT molecular complexity index is 385. The molecule has 20 heavy (non-hydrogen) atoms. The van der Waals surface area contributed by atoms with E-state index < -0.39 is 0 Å². The molecule has 0 nitrogen and oxygen atoms in total. The van der Waals surface area contributed by atoms with Gasteiger partial charge in [0.1, 0.15) is 0 Å². The first kappa shape index (κ1) is 13.6. The first-order valence-corrected chi connectivity index (χ1v) is 9.56. The van der Waals surface area contributed by atoms with Crippen LogP contribution in [0.4, 0.5) is 0 Å². The van der Waals surface area contributed by atoms with E-state index in [-0.39, 0.29) is 0 Å². The maximum Gasteiger partial charge on any atom is -0.0241 e. The standard InChI is InChI=1S/C20H34/c1-14-6-4-7-15-9-10-16-17-8-5-12-19(17,2)13-11-18(16)20(14,15)3/h14-18H,4-13H2,1-3H3/t14-,15+,16-,17-,18-,19-,20-/m0/s1. The smallest absolute Gasteiger partial charge is 0.0241 e. The number of hydrogen-bond acceptors (Lipinski definition) is 0. The average Bonchev–Trinajstić information content (AvgIpc) is 2.82. The summed E-state index contributed by atoms with van der Waals surface area (Å²) in [7, 11) is 0. The van der Waals surface area contributed by atoms with Gasteiger partial charge in [-0.1, -0.05) is 40.0 Å². The molecule has 4 aliphatic rings. The number of fused-ring (bicyclic) bond motifs is 5. The van der Waals surface area contributed by atoms with Gasteiger partial charge in [-0.15, -0.1) is 0 Å². The lowest BCUT2D eigenvalue weighted by Gasteiger charge is -2.62. The van der Waals surface area contributed by atoms with Crippen molar-refractivity contribution in [1.29, 1.82) is 0 Å². The lowest BCUT2D eigenvalue weighted by molar-refractivity contribution is -0.128. The summed E-state index contributed by atoms with van der Waals surface area (Å²) in [5.74, 6) is 5.32. The third kappa shape index (κ3) is 1.66. The Morgan fingerprint density at radius 3 is 2.45 bits per heavy atom. The molecule has 0 heteroatoms. The van der Waals surface area contributed by atoms with Crippen molar-refractivity contribution in [3.63, 3.8) is 0 Å². The minimum atomic E-state index is 0.699. The van der Waals surface area contributed by atoms with Crippen molar-refractivity contribution < 1.29 is 0 Å². The molecule has 0 aromatic carbocycles. The molecule has 4 saturated carbocycles. The van der Waals surface area contributed by atoms with Crippen LogP contribution in [-0.4, -0.2) is 0 Å². The van der Waals surface area contributed by atoms with Crippen molar-refractivity contribution in [3.05, 3.63) is 0 Å². The average molecular weight is 274 g/mol. The number of hydrogen-bond donors (Lipinski definition) is 0. The Morgan fingerprint density at radius 1 is 0.750 bits per heavy atom. The zero-order valence-corrected chi connectivity index (χ0v) is 14.0. The monoisotopic (exact) mass is 274 g/mol. The Kier molecular flexibility index (Phi) is 3.07. The van der Waals surface area contributed by atoms with Gasteiger partial charge in [-0.3, -0.25) is 0 Å². The second-order valence-electron chi connectivity index (χ2n) is 9.43. The van der Waals surface area contributed by atoms with Gasteiger partial charge in [0.2, 0.25) is 0 Å². The predicted molar refractivity (Wildman–Crippen MR) is 85.5 cm³/mol. The predicted octanol–water partition coefficient (Wildman–Crippen LogP) is 6.06. The Balaban J connectivity index is 1.67. The van der Waals surface area contributed by atoms with Crippen molar-refractivity contribution in [2.45, 2.75) is 85.0 Å². The summed E-state index contributed by atoms with van der Waals surface area (Å²) in [6.45, 7) is 7.95. The lowest BCUT2D eigenvalue weighted by atomic mass is 9.43. The van der Waals surface area contributed by atoms with Crippen LogP contribution in [0.2, 0.25) is 0 Å². The summed E-state index contributed by atoms with van der Waals surface area (Å²) in [4.78, 5) is 0. The topological polar surface area (TPSA) is 0 Å². The molecule has 4 rings (SSSR count). The van der Waals surface area contributed by atoms with E-state index in [0.29, 0.717) is 5.41 Å². The van der Waals surface area contributed by atoms with E-state index in [9.17, 15) is 0 Å². The van der Waals surface area contributed by atoms with Crippen LogP contribution >= 0.6 is 0 Å². The van der Waals surface area contributed by atoms with Crippen molar-refractivity contribution in [3.8, 4) is 0 Å². The molecule has 0 N–H and O–H groups in total. The summed E-state index contributed by atoms with van der Waals surface area (Å²) in [5.41, 5.74) is 1.44. The third-order valence-electron chi connectivity index (χ3n) is 9.00. The van der Waals surface area contributed by atoms with E-state index in [2.05, 4.69) is 20.8 Å². The fourth-order valence-electron chi connectivity index (χ4n) is 7.67. The molecule has 114 valence electrons. The zero-order chi connectivity index (χ0) is 14.0. The van der Waals surface area contributed by atoms with Crippen LogP contribution < -0.4 is 0 Å². The van der Waals surface area contributed by atoms with E-state index >= 15 is 0 Å². The largest absolute Gasteiger partial charge is 0.0620 e. The summed E-state index contributed by atoms with van der Waals surface area (Å²) < 4.78 is 0. The number of rotatable bonds is 0. The molecule has 0 aliphatic heterocycles. The van der Waals surface area contributed by atoms with E-state index in [1.54, 1.807) is 38.5 Å². The maximum absolute atomic E-state index is 2.72. The molecule has 0 unspecified atom stereocenters. The van der Waals surface area contributed by atoms with Crippen LogP contribution in [0.25, 0.3) is 0 Å². The van der Waals surface area contributed by atoms with Gasteiger partial charge in [0.25, 0.3) is 0 Å². The molecular weight excluding hydrogens is 240 g/mol. The van der Waals surface area contributed by atoms with Crippen LogP contribution in [0, 0.1) is 40.4 Å². The molecule has 4 fully saturated rings. The van der Waals surface area contributed by atoms with Crippen LogP contribution in [0.1, 0.15) is 85.0 Å². The first-order chi connectivity index (χ1) is 9.56. The maximum atomic E-state index is 2.72. The van der Waals surface area contributed by atoms with Gasteiger partial charge in [-0.25, -0.2) is 0 Å². The summed E-state index contributed by atoms with van der Waals surface area (Å²) in [6, 6.07) is 0. The lowest BCUT2D eigenvalue weighted by Crippen LogP contribution is -2.54. The Hall–Kier alpha value is 0. The van der Waals surface area contributed by atoms with Crippen LogP contribution in [0.5, 0.6) is 0 Å². The highest BCUT2D eigenvalue weighted by Crippen LogP contribution is 2.67. The van der Waals surface area contributed by atoms with Gasteiger partial charge < -0.3 is 0 Å². The van der Waals surface area contributed by atoms with E-state index in [4.69, 9.17) is 0 Å². The van der Waals surface area contributed by atoms with Gasteiger partial charge in [-0.2, -0.15) is 0 Å². The highest BCUT2D eigenvalue weighted by molar-refractivity contribution is 5.07. The Labute approximate surface area is 126 Å². The Morgan fingerprint density at radius 2 is 1.60 bits per heavy atom. The molecule has 0 radical (unpaired) electrons. The quantitative estimate of drug-likeness (QED) is 0.504. The molecule has 0 aromatic rings. The fourth-order valence-corrected chi connectivity index (χ4v) is 7.67. The summed E-state index contributed by atoms with van der Waals surface area (Å²) >= 11 is 0. The zero-order valence-electron chi connectivity index (χ0n) is 14.0. The van der Waals surface area contributed by atoms with Crippen LogP contribution in [-0.2, 0) is 0 Å². The SMILES string of the molecule is C[C@H]1CCC[C@@H]2CC[C@H]3[C@@H]4CCC[C@@]4(C)CC[C@@H]3[C@]21C. The van der Waals surface area contributed by atoms with Crippen molar-refractivity contribution in [2.24, 2.45) is 40.4 Å². The van der Waals surface area contributed by atoms with Gasteiger partial charge in [0.15, 0.2) is 0 Å². The molecule has 7 atom stereocenters. The molecule has 0 saturated heterocycles. The minimum absolute atomic E-state index is 0.699. The van der Waals surface area contributed by atoms with Crippen molar-refractivity contribution >= 4 is 0 Å². The van der Waals surface area contributed by atoms with Gasteiger partial charge in [-0.05, 0) is 85.4 Å². The highest BCUT2D eigenvalue weighted by atomic mass is 14.6. The molecule has 0 spiro atoms. The van der Waals surface area contributed by atoms with Crippen LogP contribution in [0.3, 0.4) is 0 Å². The summed E-state index contributed by atoms with van der Waals surface area (Å²) in [5, 5.41) is 0. The molecule has 4 aliphatic carbocycles. The van der Waals surface area contributed by atoms with Crippen molar-refractivity contribution in [1.82, 2.24) is 0 Å². The first-order valence-electron chi connectivity index (χ1n) is 9.56. The second-order valence-corrected chi connectivity index (χ2v) is 9.43. The fraction of sp³-hybridized carbons (Fsp3) is 1.00. The molecule has 0 amide bonds. The summed E-state index contributed by atoms with van der Waals surface area (Å²) in [6.07, 6.45) is 15.5. The van der Waals surface area contributed by atoms with E-state index in [1.807, 2.05) is 0 Å². The van der Waals surface area contributed by atoms with E-state index in [0.717, 1.165) is 35.0 Å². The van der Waals surface area contributed by atoms with E-state index in [1.165, 1.54) is 25.7 Å². The van der Waals surface area contributed by atoms with Crippen molar-refractivity contribution in [2.75, 3.05) is 0 Å². The molecule has 0 bridgehead atoms. The van der Waals surface area contributed by atoms with Gasteiger partial charge in [0, 0.05) is 0 Å². The highest BCUT2D eigenvalue weighted by Gasteiger charge is 2.58. The molecule has 0 aromatic heterocycles. The second kappa shape index (κ2) is 4.50. The minimum Gasteiger partial charge on any atom is -0.0620 e. The van der Waals surface area contributed by atoms with Gasteiger partial charge in [0.05, 0.1) is 0 Å². The third-order valence-corrected chi connectivity index (χ3v) is 9.00. The normalized spacial score (nSPS) is 58.6. The molecule has 0 heterocycles.